The number of aryl methyl sites for hydroxylation is 1. The number of thioether (sulfide) groups is 1. The number of sulfonamides is 1. The highest BCUT2D eigenvalue weighted by Crippen LogP contribution is 2.19. The minimum atomic E-state index is -3.66. The van der Waals surface area contributed by atoms with Crippen LogP contribution < -0.4 is 10.5 Å². The van der Waals surface area contributed by atoms with Crippen LogP contribution in [0.4, 0.5) is 5.69 Å². The summed E-state index contributed by atoms with van der Waals surface area (Å²) in [4.78, 5) is 0.146. The molecule has 0 bridgehead atoms. The first-order chi connectivity index (χ1) is 8.68. The Morgan fingerprint density at radius 2 is 2.11 bits per heavy atom. The SMILES string of the molecule is CSCC(C)(O)CNS(=O)(=O)c1cc(N)ccc1C. The Labute approximate surface area is 118 Å². The second kappa shape index (κ2) is 6.13. The number of benzene rings is 1. The fraction of sp³-hybridized carbons (Fsp3) is 0.500. The average molecular weight is 304 g/mol. The van der Waals surface area contributed by atoms with Gasteiger partial charge >= 0.3 is 0 Å². The molecule has 1 unspecified atom stereocenters. The number of hydrogen-bond donors (Lipinski definition) is 3. The van der Waals surface area contributed by atoms with Gasteiger partial charge in [-0.15, -0.1) is 0 Å². The van der Waals surface area contributed by atoms with Crippen molar-refractivity contribution < 1.29 is 13.5 Å². The van der Waals surface area contributed by atoms with E-state index in [1.807, 2.05) is 6.26 Å². The summed E-state index contributed by atoms with van der Waals surface area (Å²) in [5.41, 5.74) is 5.53. The van der Waals surface area contributed by atoms with Crippen molar-refractivity contribution in [2.24, 2.45) is 0 Å². The van der Waals surface area contributed by atoms with E-state index in [1.54, 1.807) is 26.0 Å². The van der Waals surface area contributed by atoms with Crippen LogP contribution in [0, 0.1) is 6.92 Å². The van der Waals surface area contributed by atoms with Crippen LogP contribution in [0.5, 0.6) is 0 Å². The summed E-state index contributed by atoms with van der Waals surface area (Å²) in [5, 5.41) is 9.98. The third kappa shape index (κ3) is 4.68. The lowest BCUT2D eigenvalue weighted by Gasteiger charge is -2.22. The van der Waals surface area contributed by atoms with E-state index >= 15 is 0 Å². The molecule has 0 radical (unpaired) electrons. The van der Waals surface area contributed by atoms with Crippen molar-refractivity contribution in [3.8, 4) is 0 Å². The number of hydrogen-bond acceptors (Lipinski definition) is 5. The molecule has 0 aliphatic heterocycles. The van der Waals surface area contributed by atoms with Crippen LogP contribution in [-0.4, -0.2) is 37.7 Å². The lowest BCUT2D eigenvalue weighted by molar-refractivity contribution is 0.0908. The largest absolute Gasteiger partial charge is 0.399 e. The van der Waals surface area contributed by atoms with Crippen LogP contribution >= 0.6 is 11.8 Å². The smallest absolute Gasteiger partial charge is 0.241 e. The van der Waals surface area contributed by atoms with Gasteiger partial charge in [-0.3, -0.25) is 0 Å². The molecule has 7 heteroatoms. The van der Waals surface area contributed by atoms with E-state index in [0.717, 1.165) is 0 Å². The Morgan fingerprint density at radius 3 is 2.68 bits per heavy atom. The summed E-state index contributed by atoms with van der Waals surface area (Å²) in [6.07, 6.45) is 1.85. The van der Waals surface area contributed by atoms with Gasteiger partial charge in [-0.1, -0.05) is 6.07 Å². The molecule has 108 valence electrons. The van der Waals surface area contributed by atoms with Gasteiger partial charge in [-0.25, -0.2) is 13.1 Å². The average Bonchev–Trinajstić information content (AvgIpc) is 2.30. The molecule has 0 saturated carbocycles. The van der Waals surface area contributed by atoms with Crippen LogP contribution in [0.1, 0.15) is 12.5 Å². The zero-order valence-corrected chi connectivity index (χ0v) is 12.9. The molecule has 4 N–H and O–H groups in total. The molecule has 0 amide bonds. The van der Waals surface area contributed by atoms with E-state index in [9.17, 15) is 13.5 Å². The molecule has 0 spiro atoms. The molecule has 0 fully saturated rings. The molecule has 1 aromatic carbocycles. The number of aliphatic hydroxyl groups is 1. The minimum absolute atomic E-state index is 0.0373. The second-order valence-electron chi connectivity index (χ2n) is 4.78. The fourth-order valence-corrected chi connectivity index (χ4v) is 3.76. The molecule has 0 aliphatic rings. The predicted octanol–water partition coefficient (Wildman–Crippen LogP) is 0.970. The van der Waals surface area contributed by atoms with E-state index in [0.29, 0.717) is 17.0 Å². The maximum atomic E-state index is 12.2. The molecular formula is C12H20N2O3S2. The normalized spacial score (nSPS) is 15.2. The number of rotatable bonds is 6. The molecule has 0 heterocycles. The van der Waals surface area contributed by atoms with E-state index in [2.05, 4.69) is 4.72 Å². The number of nitrogens with two attached hydrogens (primary N) is 1. The third-order valence-electron chi connectivity index (χ3n) is 2.60. The lowest BCUT2D eigenvalue weighted by Crippen LogP contribution is -2.42. The highest BCUT2D eigenvalue weighted by molar-refractivity contribution is 7.98. The molecule has 19 heavy (non-hydrogen) atoms. The maximum Gasteiger partial charge on any atom is 0.241 e. The Bertz CT molecular complexity index is 542. The summed E-state index contributed by atoms with van der Waals surface area (Å²) < 4.78 is 26.8. The van der Waals surface area contributed by atoms with Crippen molar-refractivity contribution in [1.29, 1.82) is 0 Å². The fourth-order valence-electron chi connectivity index (χ4n) is 1.60. The van der Waals surface area contributed by atoms with E-state index in [1.165, 1.54) is 17.8 Å². The first kappa shape index (κ1) is 16.3. The van der Waals surface area contributed by atoms with E-state index in [-0.39, 0.29) is 11.4 Å². The number of nitrogen functional groups attached to an aromatic ring is 1. The van der Waals surface area contributed by atoms with Crippen LogP contribution in [0.25, 0.3) is 0 Å². The van der Waals surface area contributed by atoms with Crippen molar-refractivity contribution >= 4 is 27.5 Å². The zero-order chi connectivity index (χ0) is 14.7. The van der Waals surface area contributed by atoms with Crippen LogP contribution in [0.2, 0.25) is 0 Å². The zero-order valence-electron chi connectivity index (χ0n) is 11.3. The molecule has 0 saturated heterocycles. The molecule has 1 aromatic rings. The third-order valence-corrected chi connectivity index (χ3v) is 5.05. The summed E-state index contributed by atoms with van der Waals surface area (Å²) in [7, 11) is -3.66. The van der Waals surface area contributed by atoms with Gasteiger partial charge in [0.1, 0.15) is 0 Å². The van der Waals surface area contributed by atoms with Crippen molar-refractivity contribution in [3.63, 3.8) is 0 Å². The highest BCUT2D eigenvalue weighted by Gasteiger charge is 2.24. The Hall–Kier alpha value is -0.760. The van der Waals surface area contributed by atoms with Crippen LogP contribution in [0.15, 0.2) is 23.1 Å². The summed E-state index contributed by atoms with van der Waals surface area (Å²) in [5.74, 6) is 0.450. The molecule has 1 rings (SSSR count). The maximum absolute atomic E-state index is 12.2. The van der Waals surface area contributed by atoms with Crippen molar-refractivity contribution in [2.75, 3.05) is 24.3 Å². The quantitative estimate of drug-likeness (QED) is 0.681. The second-order valence-corrected chi connectivity index (χ2v) is 7.38. The number of nitrogens with one attached hydrogen (secondary N) is 1. The Kier molecular flexibility index (Phi) is 5.26. The lowest BCUT2D eigenvalue weighted by atomic mass is 10.1. The number of anilines is 1. The van der Waals surface area contributed by atoms with Crippen molar-refractivity contribution in [2.45, 2.75) is 24.3 Å². The summed E-state index contributed by atoms with van der Waals surface area (Å²) >= 11 is 1.46. The van der Waals surface area contributed by atoms with Crippen molar-refractivity contribution in [1.82, 2.24) is 4.72 Å². The van der Waals surface area contributed by atoms with Gasteiger partial charge < -0.3 is 10.8 Å². The highest BCUT2D eigenvalue weighted by atomic mass is 32.2. The summed E-state index contributed by atoms with van der Waals surface area (Å²) in [6, 6.07) is 4.73. The predicted molar refractivity (Wildman–Crippen MR) is 79.8 cm³/mol. The molecular weight excluding hydrogens is 284 g/mol. The van der Waals surface area contributed by atoms with Crippen molar-refractivity contribution in [3.05, 3.63) is 23.8 Å². The minimum Gasteiger partial charge on any atom is -0.399 e. The molecule has 0 aliphatic carbocycles. The van der Waals surface area contributed by atoms with Gasteiger partial charge in [0.2, 0.25) is 10.0 Å². The summed E-state index contributed by atoms with van der Waals surface area (Å²) in [6.45, 7) is 3.26. The Morgan fingerprint density at radius 1 is 1.47 bits per heavy atom. The Balaban J connectivity index is 2.90. The van der Waals surface area contributed by atoms with Gasteiger partial charge in [-0.05, 0) is 37.8 Å². The van der Waals surface area contributed by atoms with Gasteiger partial charge in [-0.2, -0.15) is 11.8 Å². The van der Waals surface area contributed by atoms with Crippen LogP contribution in [-0.2, 0) is 10.0 Å². The molecule has 1 atom stereocenters. The van der Waals surface area contributed by atoms with E-state index in [4.69, 9.17) is 5.73 Å². The molecule has 5 nitrogen and oxygen atoms in total. The first-order valence-electron chi connectivity index (χ1n) is 5.75. The van der Waals surface area contributed by atoms with E-state index < -0.39 is 15.6 Å². The topological polar surface area (TPSA) is 92.4 Å². The van der Waals surface area contributed by atoms with Gasteiger partial charge in [0, 0.05) is 18.0 Å². The first-order valence-corrected chi connectivity index (χ1v) is 8.63. The van der Waals surface area contributed by atoms with Gasteiger partial charge in [0.15, 0.2) is 0 Å². The van der Waals surface area contributed by atoms with Gasteiger partial charge in [0.25, 0.3) is 0 Å². The standard InChI is InChI=1S/C12H20N2O3S2/c1-9-4-5-10(13)6-11(9)19(16,17)14-7-12(2,15)8-18-3/h4-6,14-15H,7-8,13H2,1-3H3. The monoisotopic (exact) mass is 304 g/mol. The van der Waals surface area contributed by atoms with Gasteiger partial charge in [0.05, 0.1) is 10.5 Å². The molecule has 0 aromatic heterocycles. The van der Waals surface area contributed by atoms with Crippen LogP contribution in [0.3, 0.4) is 0 Å².